The van der Waals surface area contributed by atoms with E-state index in [-0.39, 0.29) is 11.6 Å². The average Bonchev–Trinajstić information content (AvgIpc) is 2.91. The summed E-state index contributed by atoms with van der Waals surface area (Å²) in [6.45, 7) is 2.30. The van der Waals surface area contributed by atoms with Crippen LogP contribution in [0.15, 0.2) is 47.4 Å². The molecule has 0 bridgehead atoms. The molecular weight excluding hydrogens is 372 g/mol. The first kappa shape index (κ1) is 18.1. The van der Waals surface area contributed by atoms with Gasteiger partial charge in [0.05, 0.1) is 9.83 Å². The van der Waals surface area contributed by atoms with Gasteiger partial charge in [0.15, 0.2) is 0 Å². The fourth-order valence-corrected chi connectivity index (χ4v) is 3.45. The molecule has 0 spiro atoms. The van der Waals surface area contributed by atoms with Crippen molar-refractivity contribution < 1.29 is 14.5 Å². The van der Waals surface area contributed by atoms with E-state index in [1.165, 1.54) is 18.2 Å². The number of rotatable bonds is 5. The van der Waals surface area contributed by atoms with Gasteiger partial charge in [0.25, 0.3) is 11.6 Å². The molecule has 1 aliphatic rings. The molecule has 0 aliphatic carbocycles. The Morgan fingerprint density at radius 2 is 2.12 bits per heavy atom. The Morgan fingerprint density at radius 3 is 2.77 bits per heavy atom. The number of hydrogen-bond acceptors (Lipinski definition) is 6. The van der Waals surface area contributed by atoms with Crippen LogP contribution in [0.2, 0.25) is 0 Å². The Hall–Kier alpha value is -2.71. The molecule has 1 N–H and O–H groups in total. The van der Waals surface area contributed by atoms with Gasteiger partial charge in [-0.05, 0) is 24.6 Å². The monoisotopic (exact) mass is 386 g/mol. The Bertz CT molecular complexity index is 941. The average molecular weight is 386 g/mol. The second-order valence-corrected chi connectivity index (χ2v) is 7.33. The molecule has 1 aliphatic heterocycles. The third-order valence-electron chi connectivity index (χ3n) is 3.61. The van der Waals surface area contributed by atoms with Crippen LogP contribution >= 0.6 is 24.0 Å². The van der Waals surface area contributed by atoms with Crippen molar-refractivity contribution in [3.05, 3.63) is 74.2 Å². The SMILES string of the molecule is Cc1cccc(COc2ccc([N+](=O)[O-])cc2/C=C2/SC(=S)NC2=O)c1. The quantitative estimate of drug-likeness (QED) is 0.362. The number of hydrogen-bond donors (Lipinski definition) is 1. The maximum Gasteiger partial charge on any atom is 0.270 e. The number of carbonyl (C=O) groups is 1. The summed E-state index contributed by atoms with van der Waals surface area (Å²) in [4.78, 5) is 22.8. The number of carbonyl (C=O) groups excluding carboxylic acids is 1. The molecule has 1 amide bonds. The molecule has 0 radical (unpaired) electrons. The van der Waals surface area contributed by atoms with Crippen LogP contribution in [0.3, 0.4) is 0 Å². The summed E-state index contributed by atoms with van der Waals surface area (Å²) in [5.41, 5.74) is 2.47. The fraction of sp³-hybridized carbons (Fsp3) is 0.111. The normalized spacial score (nSPS) is 15.2. The first-order valence-corrected chi connectivity index (χ1v) is 8.86. The summed E-state index contributed by atoms with van der Waals surface area (Å²) in [5.74, 6) is 0.131. The number of nitrogens with zero attached hydrogens (tertiary/aromatic N) is 1. The number of thioether (sulfide) groups is 1. The Morgan fingerprint density at radius 1 is 1.31 bits per heavy atom. The summed E-state index contributed by atoms with van der Waals surface area (Å²) in [6.07, 6.45) is 1.55. The van der Waals surface area contributed by atoms with Crippen molar-refractivity contribution in [3.8, 4) is 5.75 Å². The standard InChI is InChI=1S/C18H14N2O4S2/c1-11-3-2-4-12(7-11)10-24-15-6-5-14(20(22)23)8-13(15)9-16-17(21)19-18(25)26-16/h2-9H,10H2,1H3,(H,19,21,25)/b16-9+. The molecule has 1 fully saturated rings. The summed E-state index contributed by atoms with van der Waals surface area (Å²) in [6, 6.07) is 12.2. The van der Waals surface area contributed by atoms with Gasteiger partial charge in [-0.15, -0.1) is 0 Å². The van der Waals surface area contributed by atoms with Crippen LogP contribution in [0.4, 0.5) is 5.69 Å². The maximum absolute atomic E-state index is 11.9. The second-order valence-electron chi connectivity index (χ2n) is 5.61. The third-order valence-corrected chi connectivity index (χ3v) is 4.77. The summed E-state index contributed by atoms with van der Waals surface area (Å²) in [5, 5.41) is 13.6. The van der Waals surface area contributed by atoms with E-state index in [1.54, 1.807) is 6.08 Å². The molecule has 132 valence electrons. The van der Waals surface area contributed by atoms with Gasteiger partial charge < -0.3 is 10.1 Å². The van der Waals surface area contributed by atoms with Gasteiger partial charge in [-0.2, -0.15) is 0 Å². The van der Waals surface area contributed by atoms with Gasteiger partial charge in [0.1, 0.15) is 16.7 Å². The molecule has 0 unspecified atom stereocenters. The number of benzene rings is 2. The van der Waals surface area contributed by atoms with Gasteiger partial charge in [0.2, 0.25) is 0 Å². The van der Waals surface area contributed by atoms with Crippen LogP contribution in [-0.2, 0) is 11.4 Å². The molecule has 0 aromatic heterocycles. The van der Waals surface area contributed by atoms with Crippen molar-refractivity contribution in [3.63, 3.8) is 0 Å². The predicted octanol–water partition coefficient (Wildman–Crippen LogP) is 3.97. The minimum absolute atomic E-state index is 0.0780. The van der Waals surface area contributed by atoms with E-state index in [9.17, 15) is 14.9 Å². The minimum Gasteiger partial charge on any atom is -0.488 e. The zero-order chi connectivity index (χ0) is 18.7. The van der Waals surface area contributed by atoms with E-state index >= 15 is 0 Å². The van der Waals surface area contributed by atoms with E-state index < -0.39 is 4.92 Å². The van der Waals surface area contributed by atoms with E-state index in [2.05, 4.69) is 5.32 Å². The number of nitro benzene ring substituents is 1. The van der Waals surface area contributed by atoms with Crippen molar-refractivity contribution in [1.29, 1.82) is 0 Å². The molecule has 0 saturated carbocycles. The van der Waals surface area contributed by atoms with Crippen molar-refractivity contribution in [1.82, 2.24) is 5.32 Å². The highest BCUT2D eigenvalue weighted by atomic mass is 32.2. The number of thiocarbonyl (C=S) groups is 1. The highest BCUT2D eigenvalue weighted by molar-refractivity contribution is 8.26. The molecule has 1 saturated heterocycles. The molecule has 0 atom stereocenters. The number of nitrogens with one attached hydrogen (secondary N) is 1. The van der Waals surface area contributed by atoms with Gasteiger partial charge in [0, 0.05) is 17.7 Å². The van der Waals surface area contributed by atoms with Crippen molar-refractivity contribution in [2.24, 2.45) is 0 Å². The zero-order valence-electron chi connectivity index (χ0n) is 13.7. The van der Waals surface area contributed by atoms with Crippen LogP contribution in [-0.4, -0.2) is 15.2 Å². The lowest BCUT2D eigenvalue weighted by molar-refractivity contribution is -0.384. The number of non-ortho nitro benzene ring substituents is 1. The lowest BCUT2D eigenvalue weighted by Crippen LogP contribution is -2.17. The zero-order valence-corrected chi connectivity index (χ0v) is 15.4. The molecule has 2 aromatic rings. The third kappa shape index (κ3) is 4.27. The van der Waals surface area contributed by atoms with Crippen LogP contribution in [0, 0.1) is 17.0 Å². The number of aryl methyl sites for hydroxylation is 1. The molecular formula is C18H14N2O4S2. The van der Waals surface area contributed by atoms with Crippen molar-refractivity contribution in [2.45, 2.75) is 13.5 Å². The van der Waals surface area contributed by atoms with Crippen LogP contribution in [0.25, 0.3) is 6.08 Å². The van der Waals surface area contributed by atoms with Gasteiger partial charge in [-0.25, -0.2) is 0 Å². The Labute approximate surface area is 159 Å². The van der Waals surface area contributed by atoms with Crippen LogP contribution in [0.1, 0.15) is 16.7 Å². The predicted molar refractivity (Wildman–Crippen MR) is 105 cm³/mol. The highest BCUT2D eigenvalue weighted by Crippen LogP contribution is 2.32. The Kier molecular flexibility index (Phi) is 5.34. The smallest absolute Gasteiger partial charge is 0.270 e. The number of nitro groups is 1. The van der Waals surface area contributed by atoms with Crippen LogP contribution in [0.5, 0.6) is 5.75 Å². The largest absolute Gasteiger partial charge is 0.488 e. The van der Waals surface area contributed by atoms with Crippen molar-refractivity contribution in [2.75, 3.05) is 0 Å². The van der Waals surface area contributed by atoms with E-state index in [1.807, 2.05) is 31.2 Å². The maximum atomic E-state index is 11.9. The molecule has 1 heterocycles. The van der Waals surface area contributed by atoms with Crippen molar-refractivity contribution >= 4 is 46.0 Å². The van der Waals surface area contributed by atoms with E-state index in [4.69, 9.17) is 17.0 Å². The first-order valence-electron chi connectivity index (χ1n) is 7.64. The molecule has 6 nitrogen and oxygen atoms in total. The lowest BCUT2D eigenvalue weighted by atomic mass is 10.1. The second kappa shape index (κ2) is 7.67. The fourth-order valence-electron chi connectivity index (χ4n) is 2.42. The summed E-state index contributed by atoms with van der Waals surface area (Å²) >= 11 is 6.08. The van der Waals surface area contributed by atoms with E-state index in [0.29, 0.717) is 27.1 Å². The molecule has 26 heavy (non-hydrogen) atoms. The van der Waals surface area contributed by atoms with Gasteiger partial charge in [-0.3, -0.25) is 14.9 Å². The topological polar surface area (TPSA) is 81.5 Å². The number of amides is 1. The minimum atomic E-state index is -0.487. The Balaban J connectivity index is 1.91. The van der Waals surface area contributed by atoms with Gasteiger partial charge in [-0.1, -0.05) is 53.8 Å². The van der Waals surface area contributed by atoms with Crippen LogP contribution < -0.4 is 10.1 Å². The van der Waals surface area contributed by atoms with Gasteiger partial charge >= 0.3 is 0 Å². The highest BCUT2D eigenvalue weighted by Gasteiger charge is 2.23. The molecule has 2 aromatic carbocycles. The summed E-state index contributed by atoms with van der Waals surface area (Å²) < 4.78 is 6.20. The molecule has 8 heteroatoms. The summed E-state index contributed by atoms with van der Waals surface area (Å²) in [7, 11) is 0. The van der Waals surface area contributed by atoms with E-state index in [0.717, 1.165) is 22.9 Å². The number of ether oxygens (including phenoxy) is 1. The first-order chi connectivity index (χ1) is 12.4. The lowest BCUT2D eigenvalue weighted by Gasteiger charge is -2.10. The molecule has 3 rings (SSSR count).